The molecule has 1 heterocycles. The van der Waals surface area contributed by atoms with E-state index in [1.165, 1.54) is 21.3 Å². The molecule has 33 heavy (non-hydrogen) atoms. The first-order valence-electron chi connectivity index (χ1n) is 9.68. The summed E-state index contributed by atoms with van der Waals surface area (Å²) in [7, 11) is -4.10. The molecule has 2 aromatic carbocycles. The molecule has 2 aromatic rings. The Morgan fingerprint density at radius 1 is 1.15 bits per heavy atom. The summed E-state index contributed by atoms with van der Waals surface area (Å²) in [5, 5.41) is 14.8. The summed E-state index contributed by atoms with van der Waals surface area (Å²) in [6.07, 6.45) is 1.55. The Balaban J connectivity index is 1.90. The number of urea groups is 1. The lowest BCUT2D eigenvalue weighted by Gasteiger charge is -2.34. The van der Waals surface area contributed by atoms with Gasteiger partial charge in [0.05, 0.1) is 9.95 Å². The van der Waals surface area contributed by atoms with E-state index < -0.39 is 14.9 Å². The van der Waals surface area contributed by atoms with E-state index in [4.69, 9.17) is 23.2 Å². The fourth-order valence-electron chi connectivity index (χ4n) is 3.11. The van der Waals surface area contributed by atoms with E-state index in [2.05, 4.69) is 11.9 Å². The molecule has 0 radical (unpaired) electrons. The topological polar surface area (TPSA) is 113 Å². The van der Waals surface area contributed by atoms with Crippen molar-refractivity contribution in [3.8, 4) is 0 Å². The number of halogens is 2. The molecule has 0 spiro atoms. The molecule has 1 N–H and O–H groups in total. The average molecular weight is 531 g/mol. The quantitative estimate of drug-likeness (QED) is 0.325. The Hall–Kier alpha value is -2.31. The number of non-ortho nitro benzene ring substituents is 1. The molecule has 2 amide bonds. The van der Waals surface area contributed by atoms with E-state index in [9.17, 15) is 23.3 Å². The van der Waals surface area contributed by atoms with Gasteiger partial charge in [-0.15, -0.1) is 6.58 Å². The fourth-order valence-corrected chi connectivity index (χ4v) is 6.42. The van der Waals surface area contributed by atoms with Gasteiger partial charge in [0.1, 0.15) is 4.90 Å². The largest absolute Gasteiger partial charge is 0.335 e. The van der Waals surface area contributed by atoms with Gasteiger partial charge in [0.15, 0.2) is 0 Å². The van der Waals surface area contributed by atoms with Crippen molar-refractivity contribution in [1.82, 2.24) is 14.5 Å². The number of hydrogen-bond acceptors (Lipinski definition) is 6. The molecule has 0 aliphatic carbocycles. The molecule has 1 saturated heterocycles. The van der Waals surface area contributed by atoms with E-state index in [0.29, 0.717) is 21.5 Å². The predicted octanol–water partition coefficient (Wildman–Crippen LogP) is 4.25. The van der Waals surface area contributed by atoms with Crippen molar-refractivity contribution in [2.75, 3.05) is 32.7 Å². The summed E-state index contributed by atoms with van der Waals surface area (Å²) in [6, 6.07) is 8.13. The van der Waals surface area contributed by atoms with Crippen LogP contribution in [0, 0.1) is 10.1 Å². The zero-order valence-electron chi connectivity index (χ0n) is 17.2. The second-order valence-electron chi connectivity index (χ2n) is 6.93. The number of rotatable bonds is 7. The fraction of sp³-hybridized carbons (Fsp3) is 0.250. The van der Waals surface area contributed by atoms with Gasteiger partial charge in [0.25, 0.3) is 5.69 Å². The highest BCUT2D eigenvalue weighted by Crippen LogP contribution is 2.40. The molecular formula is C20H20Cl2N4O5S2. The third-order valence-electron chi connectivity index (χ3n) is 4.79. The molecule has 176 valence electrons. The Morgan fingerprint density at radius 2 is 1.85 bits per heavy atom. The van der Waals surface area contributed by atoms with Gasteiger partial charge in [0, 0.05) is 59.7 Å². The van der Waals surface area contributed by atoms with Crippen molar-refractivity contribution in [3.05, 3.63) is 69.2 Å². The van der Waals surface area contributed by atoms with Crippen LogP contribution in [0.3, 0.4) is 0 Å². The van der Waals surface area contributed by atoms with Crippen LogP contribution in [0.5, 0.6) is 0 Å². The summed E-state index contributed by atoms with van der Waals surface area (Å²) in [6.45, 7) is 4.30. The second-order valence-corrected chi connectivity index (χ2v) is 10.8. The van der Waals surface area contributed by atoms with E-state index in [0.717, 1.165) is 17.8 Å². The van der Waals surface area contributed by atoms with Crippen molar-refractivity contribution in [3.63, 3.8) is 0 Å². The van der Waals surface area contributed by atoms with Gasteiger partial charge >= 0.3 is 6.03 Å². The zero-order chi connectivity index (χ0) is 24.2. The van der Waals surface area contributed by atoms with E-state index in [-0.39, 0.29) is 47.7 Å². The number of piperazine rings is 1. The van der Waals surface area contributed by atoms with Crippen LogP contribution < -0.4 is 5.32 Å². The van der Waals surface area contributed by atoms with Gasteiger partial charge in [-0.25, -0.2) is 13.2 Å². The first kappa shape index (κ1) is 25.3. The van der Waals surface area contributed by atoms with Crippen molar-refractivity contribution < 1.29 is 18.1 Å². The molecule has 9 nitrogen and oxygen atoms in total. The number of carbonyl (C=O) groups excluding carboxylic acids is 1. The minimum atomic E-state index is -4.10. The van der Waals surface area contributed by atoms with Crippen molar-refractivity contribution in [2.24, 2.45) is 0 Å². The molecule has 3 rings (SSSR count). The molecule has 0 unspecified atom stereocenters. The summed E-state index contributed by atoms with van der Waals surface area (Å²) in [5.41, 5.74) is -0.349. The number of benzene rings is 2. The highest BCUT2D eigenvalue weighted by Gasteiger charge is 2.33. The minimum absolute atomic E-state index is 0.0502. The lowest BCUT2D eigenvalue weighted by Crippen LogP contribution is -2.53. The molecule has 13 heteroatoms. The number of sulfonamides is 1. The molecule has 0 aromatic heterocycles. The molecule has 0 saturated carbocycles. The summed E-state index contributed by atoms with van der Waals surface area (Å²) >= 11 is 13.3. The van der Waals surface area contributed by atoms with Crippen LogP contribution in [-0.4, -0.2) is 61.3 Å². The van der Waals surface area contributed by atoms with Gasteiger partial charge < -0.3 is 10.2 Å². The number of amides is 2. The summed E-state index contributed by atoms with van der Waals surface area (Å²) < 4.78 is 28.2. The highest BCUT2D eigenvalue weighted by molar-refractivity contribution is 8.00. The lowest BCUT2D eigenvalue weighted by molar-refractivity contribution is -0.385. The first-order valence-corrected chi connectivity index (χ1v) is 12.7. The molecule has 1 aliphatic heterocycles. The van der Waals surface area contributed by atoms with Gasteiger partial charge in [-0.05, 0) is 24.3 Å². The van der Waals surface area contributed by atoms with Crippen LogP contribution in [0.1, 0.15) is 0 Å². The lowest BCUT2D eigenvalue weighted by atomic mass is 10.3. The average Bonchev–Trinajstić information content (AvgIpc) is 2.80. The van der Waals surface area contributed by atoms with Crippen LogP contribution in [0.15, 0.2) is 63.7 Å². The van der Waals surface area contributed by atoms with E-state index >= 15 is 0 Å². The SMILES string of the molecule is C=CCNC(=O)N1CCN(S(=O)(=O)c2cc([N+](=O)[O-])ccc2Sc2cc(Cl)ccc2Cl)CC1. The van der Waals surface area contributed by atoms with Gasteiger partial charge in [0.2, 0.25) is 10.0 Å². The second kappa shape index (κ2) is 10.7. The maximum Gasteiger partial charge on any atom is 0.317 e. The number of nitrogens with zero attached hydrogens (tertiary/aromatic N) is 3. The third kappa shape index (κ3) is 5.98. The van der Waals surface area contributed by atoms with Crippen LogP contribution in [0.4, 0.5) is 10.5 Å². The highest BCUT2D eigenvalue weighted by atomic mass is 35.5. The van der Waals surface area contributed by atoms with Gasteiger partial charge in [-0.2, -0.15) is 4.31 Å². The molecular weight excluding hydrogens is 511 g/mol. The van der Waals surface area contributed by atoms with Crippen LogP contribution in [0.25, 0.3) is 0 Å². The number of nitro benzene ring substituents is 1. The number of nitro groups is 1. The number of hydrogen-bond donors (Lipinski definition) is 1. The van der Waals surface area contributed by atoms with Gasteiger partial charge in [-0.3, -0.25) is 10.1 Å². The third-order valence-corrected chi connectivity index (χ3v) is 8.67. The van der Waals surface area contributed by atoms with Crippen molar-refractivity contribution >= 4 is 56.7 Å². The molecule has 1 fully saturated rings. The first-order chi connectivity index (χ1) is 15.6. The molecule has 0 atom stereocenters. The molecule has 1 aliphatic rings. The van der Waals surface area contributed by atoms with Crippen LogP contribution >= 0.6 is 35.0 Å². The normalized spacial score (nSPS) is 14.7. The Morgan fingerprint density at radius 3 is 2.48 bits per heavy atom. The minimum Gasteiger partial charge on any atom is -0.335 e. The maximum atomic E-state index is 13.5. The monoisotopic (exact) mass is 530 g/mol. The predicted molar refractivity (Wildman–Crippen MR) is 128 cm³/mol. The number of nitrogens with one attached hydrogen (secondary N) is 1. The van der Waals surface area contributed by atoms with E-state index in [1.807, 2.05) is 0 Å². The van der Waals surface area contributed by atoms with Crippen LogP contribution in [0.2, 0.25) is 10.0 Å². The van der Waals surface area contributed by atoms with Gasteiger partial charge in [-0.1, -0.05) is 41.0 Å². The molecule has 0 bridgehead atoms. The van der Waals surface area contributed by atoms with Crippen LogP contribution in [-0.2, 0) is 10.0 Å². The summed E-state index contributed by atoms with van der Waals surface area (Å²) in [5.74, 6) is 0. The summed E-state index contributed by atoms with van der Waals surface area (Å²) in [4.78, 5) is 24.9. The van der Waals surface area contributed by atoms with Crippen molar-refractivity contribution in [1.29, 1.82) is 0 Å². The number of carbonyl (C=O) groups is 1. The Labute approximate surface area is 205 Å². The Bertz CT molecular complexity index is 1180. The maximum absolute atomic E-state index is 13.5. The smallest absolute Gasteiger partial charge is 0.317 e. The Kier molecular flexibility index (Phi) is 8.24. The zero-order valence-corrected chi connectivity index (χ0v) is 20.4. The van der Waals surface area contributed by atoms with E-state index in [1.54, 1.807) is 24.3 Å². The van der Waals surface area contributed by atoms with Crippen molar-refractivity contribution in [2.45, 2.75) is 14.7 Å². The standard InChI is InChI=1S/C20H20Cl2N4O5S2/c1-2-7-23-20(27)24-8-10-25(11-9-24)33(30,31)19-13-15(26(28)29)4-6-17(19)32-18-12-14(21)3-5-16(18)22/h2-6,12-13H,1,7-11H2,(H,23,27).